The molecule has 7 heteroatoms. The number of hydrogen-bond acceptors (Lipinski definition) is 6. The minimum absolute atomic E-state index is 0.187. The van der Waals surface area contributed by atoms with Crippen molar-refractivity contribution in [2.75, 3.05) is 26.4 Å². The summed E-state index contributed by atoms with van der Waals surface area (Å²) < 4.78 is 0. The number of halogens is 1. The van der Waals surface area contributed by atoms with Gasteiger partial charge < -0.3 is 0 Å². The first-order valence-electron chi connectivity index (χ1n) is 13.2. The van der Waals surface area contributed by atoms with E-state index in [1.807, 2.05) is 56.3 Å². The van der Waals surface area contributed by atoms with Gasteiger partial charge in [-0.05, 0) is 42.5 Å². The largest absolute Gasteiger partial charge is 0.237 e. The summed E-state index contributed by atoms with van der Waals surface area (Å²) in [6.45, 7) is 11.4. The fourth-order valence-electron chi connectivity index (χ4n) is 4.33. The van der Waals surface area contributed by atoms with Crippen LogP contribution < -0.4 is 10.4 Å². The third-order valence-electron chi connectivity index (χ3n) is 6.13. The molecule has 0 spiro atoms. The van der Waals surface area contributed by atoms with Crippen molar-refractivity contribution in [3.63, 3.8) is 0 Å². The van der Waals surface area contributed by atoms with Gasteiger partial charge in [0.2, 0.25) is 0 Å². The van der Waals surface area contributed by atoms with E-state index in [-0.39, 0.29) is 18.6 Å². The lowest BCUT2D eigenvalue weighted by molar-refractivity contribution is -0.293. The Morgan fingerprint density at radius 1 is 0.718 bits per heavy atom. The van der Waals surface area contributed by atoms with Gasteiger partial charge in [-0.1, -0.05) is 93.0 Å². The third-order valence-corrected chi connectivity index (χ3v) is 6.43. The zero-order chi connectivity index (χ0) is 27.8. The Morgan fingerprint density at radius 2 is 1.21 bits per heavy atom. The predicted molar refractivity (Wildman–Crippen MR) is 157 cm³/mol. The van der Waals surface area contributed by atoms with Crippen LogP contribution in [0.5, 0.6) is 0 Å². The van der Waals surface area contributed by atoms with Gasteiger partial charge >= 0.3 is 0 Å². The molecule has 204 valence electrons. The number of rotatable bonds is 10. The highest BCUT2D eigenvalue weighted by Crippen LogP contribution is 2.23. The smallest absolute Gasteiger partial charge is 0.160 e. The molecule has 0 N–H and O–H groups in total. The topological polar surface area (TPSA) is 61.6 Å². The molecule has 0 aliphatic carbocycles. The van der Waals surface area contributed by atoms with Crippen molar-refractivity contribution in [1.82, 2.24) is 0 Å². The second kappa shape index (κ2) is 13.3. The van der Waals surface area contributed by atoms with E-state index in [9.17, 15) is 0 Å². The van der Waals surface area contributed by atoms with Gasteiger partial charge in [0.15, 0.2) is 5.82 Å². The van der Waals surface area contributed by atoms with E-state index in [4.69, 9.17) is 41.1 Å². The molecule has 0 fully saturated rings. The summed E-state index contributed by atoms with van der Waals surface area (Å²) in [7, 11) is 0. The van der Waals surface area contributed by atoms with Crippen LogP contribution in [0.4, 0.5) is 0 Å². The van der Waals surface area contributed by atoms with Gasteiger partial charge in [0.05, 0.1) is 24.6 Å². The Balaban J connectivity index is 1.96. The number of hydrogen-bond donors (Lipinski definition) is 0. The first kappa shape index (κ1) is 28.9. The molecule has 1 aliphatic heterocycles. The van der Waals surface area contributed by atoms with Crippen molar-refractivity contribution in [3.8, 4) is 0 Å². The van der Waals surface area contributed by atoms with E-state index in [0.717, 1.165) is 44.1 Å². The number of benzene rings is 3. The van der Waals surface area contributed by atoms with Crippen LogP contribution in [0.2, 0.25) is 5.02 Å². The summed E-state index contributed by atoms with van der Waals surface area (Å²) in [6, 6.07) is 24.2. The molecule has 1 aliphatic rings. The lowest BCUT2D eigenvalue weighted by atomic mass is 9.84. The van der Waals surface area contributed by atoms with Crippen molar-refractivity contribution in [3.05, 3.63) is 105 Å². The maximum Gasteiger partial charge on any atom is 0.160 e. The van der Waals surface area contributed by atoms with Crippen molar-refractivity contribution in [2.24, 2.45) is 9.98 Å². The average Bonchev–Trinajstić information content (AvgIpc) is 3.38. The zero-order valence-electron chi connectivity index (χ0n) is 23.2. The Hall–Kier alpha value is -3.13. The van der Waals surface area contributed by atoms with Crippen molar-refractivity contribution in [2.45, 2.75) is 40.0 Å². The Bertz CT molecular complexity index is 1390. The summed E-state index contributed by atoms with van der Waals surface area (Å²) in [5.41, 5.74) is 5.25. The molecule has 0 atom stereocenters. The van der Waals surface area contributed by atoms with E-state index in [2.05, 4.69) is 51.1 Å². The SMILES string of the molecule is CCOOCC(COOCC)=c1c(Cl)cc(=C2N=C(c3ccccc3)C(c3ccccc3)=N2)cc1C(C)(C)C. The minimum atomic E-state index is -0.255. The van der Waals surface area contributed by atoms with Crippen LogP contribution in [0.3, 0.4) is 0 Å². The van der Waals surface area contributed by atoms with Gasteiger partial charge in [0.25, 0.3) is 0 Å². The lowest BCUT2D eigenvalue weighted by Crippen LogP contribution is -2.31. The first-order valence-corrected chi connectivity index (χ1v) is 13.5. The standard InChI is InChI=1S/C32H35ClN2O4/c1-6-36-38-20-25(21-39-37-7-2)28-26(32(3,4)5)18-24(19-27(28)33)31-34-29(22-14-10-8-11-15-22)30(35-31)23-16-12-9-13-17-23/h8-19H,6-7,20-21H2,1-5H3. The third kappa shape index (κ3) is 7.10. The molecule has 0 saturated carbocycles. The molecule has 3 aromatic carbocycles. The Kier molecular flexibility index (Phi) is 9.83. The predicted octanol–water partition coefficient (Wildman–Crippen LogP) is 5.78. The summed E-state index contributed by atoms with van der Waals surface area (Å²) >= 11 is 7.02. The van der Waals surface area contributed by atoms with Crippen LogP contribution >= 0.6 is 11.6 Å². The van der Waals surface area contributed by atoms with Crippen LogP contribution in [0, 0.1) is 0 Å². The van der Waals surface area contributed by atoms with Gasteiger partial charge in [0.1, 0.15) is 13.2 Å². The van der Waals surface area contributed by atoms with Crippen molar-refractivity contribution < 1.29 is 19.6 Å². The second-order valence-corrected chi connectivity index (χ2v) is 10.5. The zero-order valence-corrected chi connectivity index (χ0v) is 23.9. The maximum atomic E-state index is 7.02. The molecule has 0 amide bonds. The van der Waals surface area contributed by atoms with Gasteiger partial charge in [-0.3, -0.25) is 0 Å². The maximum absolute atomic E-state index is 7.02. The van der Waals surface area contributed by atoms with E-state index in [1.54, 1.807) is 0 Å². The monoisotopic (exact) mass is 546 g/mol. The molecule has 0 bridgehead atoms. The molecule has 3 aromatic rings. The highest BCUT2D eigenvalue weighted by atomic mass is 35.5. The van der Waals surface area contributed by atoms with E-state index in [1.165, 1.54) is 0 Å². The lowest BCUT2D eigenvalue weighted by Gasteiger charge is -2.22. The molecule has 0 saturated heterocycles. The summed E-state index contributed by atoms with van der Waals surface area (Å²) in [5, 5.41) is 2.24. The average molecular weight is 547 g/mol. The fourth-order valence-corrected chi connectivity index (χ4v) is 4.68. The number of aliphatic imine (C=N–C) groups is 2. The molecule has 4 rings (SSSR count). The van der Waals surface area contributed by atoms with Gasteiger partial charge in [-0.15, -0.1) is 0 Å². The van der Waals surface area contributed by atoms with Crippen LogP contribution in [0.25, 0.3) is 11.4 Å². The van der Waals surface area contributed by atoms with E-state index in [0.29, 0.717) is 24.1 Å². The number of nitrogens with zero attached hydrogens (tertiary/aromatic N) is 2. The summed E-state index contributed by atoms with van der Waals surface area (Å²) in [5.74, 6) is 0.615. The summed E-state index contributed by atoms with van der Waals surface area (Å²) in [6.07, 6.45) is 0. The van der Waals surface area contributed by atoms with E-state index < -0.39 is 0 Å². The fraction of sp³-hybridized carbons (Fsp3) is 0.312. The van der Waals surface area contributed by atoms with Gasteiger partial charge in [0, 0.05) is 26.6 Å². The molecule has 0 unspecified atom stereocenters. The van der Waals surface area contributed by atoms with Crippen LogP contribution in [0.1, 0.15) is 51.3 Å². The first-order chi connectivity index (χ1) is 18.8. The van der Waals surface area contributed by atoms with Crippen LogP contribution in [-0.2, 0) is 25.0 Å². The Morgan fingerprint density at radius 3 is 1.64 bits per heavy atom. The molecular formula is C32H35ClN2O4. The van der Waals surface area contributed by atoms with Gasteiger partial charge in [-0.25, -0.2) is 29.5 Å². The van der Waals surface area contributed by atoms with Crippen molar-refractivity contribution >= 4 is 34.4 Å². The molecular weight excluding hydrogens is 512 g/mol. The minimum Gasteiger partial charge on any atom is -0.237 e. The van der Waals surface area contributed by atoms with Gasteiger partial charge in [-0.2, -0.15) is 0 Å². The second-order valence-electron chi connectivity index (χ2n) is 10.0. The molecule has 0 radical (unpaired) electrons. The van der Waals surface area contributed by atoms with Crippen molar-refractivity contribution in [1.29, 1.82) is 0 Å². The Labute approximate surface area is 235 Å². The highest BCUT2D eigenvalue weighted by molar-refractivity contribution is 6.56. The van der Waals surface area contributed by atoms with E-state index >= 15 is 0 Å². The highest BCUT2D eigenvalue weighted by Gasteiger charge is 2.23. The normalized spacial score (nSPS) is 13.4. The summed E-state index contributed by atoms with van der Waals surface area (Å²) in [4.78, 5) is 31.2. The molecule has 0 aromatic heterocycles. The van der Waals surface area contributed by atoms with Crippen LogP contribution in [-0.4, -0.2) is 37.9 Å². The molecule has 39 heavy (non-hydrogen) atoms. The molecule has 1 heterocycles. The molecule has 6 nitrogen and oxygen atoms in total. The quantitative estimate of drug-likeness (QED) is 0.184. The van der Waals surface area contributed by atoms with Crippen LogP contribution in [0.15, 0.2) is 82.8 Å².